The number of amides is 1. The molecule has 1 aliphatic carbocycles. The Morgan fingerprint density at radius 2 is 1.95 bits per heavy atom. The normalized spacial score (nSPS) is 17.1. The van der Waals surface area contributed by atoms with E-state index in [0.29, 0.717) is 40.4 Å². The van der Waals surface area contributed by atoms with Crippen molar-refractivity contribution in [3.8, 4) is 22.8 Å². The topological polar surface area (TPSA) is 118 Å². The highest BCUT2D eigenvalue weighted by molar-refractivity contribution is 5.99. The molecule has 7 rings (SSSR count). The van der Waals surface area contributed by atoms with E-state index in [1.807, 2.05) is 49.2 Å². The van der Waals surface area contributed by atoms with E-state index in [1.165, 1.54) is 0 Å². The van der Waals surface area contributed by atoms with Gasteiger partial charge in [-0.1, -0.05) is 6.07 Å². The van der Waals surface area contributed by atoms with Crippen LogP contribution in [0.5, 0.6) is 11.6 Å². The lowest BCUT2D eigenvalue weighted by molar-refractivity contribution is 0.0876. The lowest BCUT2D eigenvalue weighted by Gasteiger charge is -2.16. The van der Waals surface area contributed by atoms with Gasteiger partial charge < -0.3 is 29.1 Å². The highest BCUT2D eigenvalue weighted by Crippen LogP contribution is 2.38. The number of carbonyl (C=O) groups is 1. The van der Waals surface area contributed by atoms with Gasteiger partial charge in [0.05, 0.1) is 18.2 Å². The van der Waals surface area contributed by atoms with Crippen LogP contribution in [0.25, 0.3) is 33.3 Å². The van der Waals surface area contributed by atoms with E-state index in [4.69, 9.17) is 23.9 Å². The first-order valence-corrected chi connectivity index (χ1v) is 13.7. The second kappa shape index (κ2) is 9.55. The van der Waals surface area contributed by atoms with Gasteiger partial charge in [-0.15, -0.1) is 0 Å². The molecule has 204 valence electrons. The predicted molar refractivity (Wildman–Crippen MR) is 151 cm³/mol. The smallest absolute Gasteiger partial charge is 0.254 e. The predicted octanol–water partition coefficient (Wildman–Crippen LogP) is 5.99. The van der Waals surface area contributed by atoms with Gasteiger partial charge in [-0.2, -0.15) is 9.97 Å². The Bertz CT molecular complexity index is 1750. The van der Waals surface area contributed by atoms with E-state index < -0.39 is 0 Å². The van der Waals surface area contributed by atoms with Gasteiger partial charge in [-0.05, 0) is 68.5 Å². The van der Waals surface area contributed by atoms with Crippen LogP contribution in [-0.4, -0.2) is 56.5 Å². The number of methoxy groups -OCH3 is 1. The van der Waals surface area contributed by atoms with Crippen LogP contribution in [0.4, 0.5) is 11.6 Å². The molecule has 0 radical (unpaired) electrons. The van der Waals surface area contributed by atoms with Crippen molar-refractivity contribution in [2.45, 2.75) is 51.7 Å². The highest BCUT2D eigenvalue weighted by atomic mass is 16.5. The average molecular weight is 539 g/mol. The number of ether oxygens (including phenoxy) is 2. The van der Waals surface area contributed by atoms with Crippen molar-refractivity contribution in [3.63, 3.8) is 0 Å². The van der Waals surface area contributed by atoms with Crippen molar-refractivity contribution in [1.82, 2.24) is 24.8 Å². The van der Waals surface area contributed by atoms with Crippen molar-refractivity contribution < 1.29 is 18.7 Å². The summed E-state index contributed by atoms with van der Waals surface area (Å²) >= 11 is 0. The van der Waals surface area contributed by atoms with Gasteiger partial charge in [0.25, 0.3) is 5.91 Å². The molecule has 3 aromatic heterocycles. The van der Waals surface area contributed by atoms with Crippen molar-refractivity contribution in [2.24, 2.45) is 0 Å². The number of fused-ring (bicyclic) bond motifs is 2. The number of aryl methyl sites for hydroxylation is 1. The maximum Gasteiger partial charge on any atom is 0.254 e. The van der Waals surface area contributed by atoms with Crippen molar-refractivity contribution in [3.05, 3.63) is 54.0 Å². The largest absolute Gasteiger partial charge is 0.495 e. The zero-order valence-corrected chi connectivity index (χ0v) is 22.7. The number of H-pyrrole nitrogens is 1. The summed E-state index contributed by atoms with van der Waals surface area (Å²) in [6.07, 6.45) is 6.30. The minimum atomic E-state index is -0.000127. The molecule has 1 saturated heterocycles. The van der Waals surface area contributed by atoms with E-state index in [2.05, 4.69) is 15.3 Å². The molecule has 4 heterocycles. The lowest BCUT2D eigenvalue weighted by atomic mass is 10.1. The van der Waals surface area contributed by atoms with Crippen LogP contribution < -0.4 is 14.8 Å². The molecule has 2 fully saturated rings. The van der Waals surface area contributed by atoms with Crippen molar-refractivity contribution in [2.75, 3.05) is 19.0 Å². The average Bonchev–Trinajstić information content (AvgIpc) is 3.32. The molecule has 2 aromatic carbocycles. The van der Waals surface area contributed by atoms with E-state index in [9.17, 15) is 4.79 Å². The summed E-state index contributed by atoms with van der Waals surface area (Å²) in [7, 11) is 1.58. The number of anilines is 2. The first-order valence-electron chi connectivity index (χ1n) is 13.7. The van der Waals surface area contributed by atoms with Gasteiger partial charge >= 0.3 is 0 Å². The first-order chi connectivity index (χ1) is 19.5. The number of benzene rings is 2. The van der Waals surface area contributed by atoms with Crippen LogP contribution >= 0.6 is 0 Å². The van der Waals surface area contributed by atoms with Gasteiger partial charge in [-0.25, -0.2) is 4.98 Å². The zero-order valence-electron chi connectivity index (χ0n) is 22.7. The number of hydrogen-bond acceptors (Lipinski definition) is 8. The zero-order chi connectivity index (χ0) is 27.4. The Kier molecular flexibility index (Phi) is 5.83. The first kappa shape index (κ1) is 24.4. The Balaban J connectivity index is 1.27. The fourth-order valence-electron chi connectivity index (χ4n) is 5.47. The third kappa shape index (κ3) is 4.39. The molecule has 2 N–H and O–H groups in total. The third-order valence-corrected chi connectivity index (χ3v) is 7.70. The Morgan fingerprint density at radius 3 is 2.73 bits per heavy atom. The molecule has 2 aliphatic rings. The summed E-state index contributed by atoms with van der Waals surface area (Å²) in [5.41, 5.74) is 5.31. The van der Waals surface area contributed by atoms with Gasteiger partial charge in [0.2, 0.25) is 11.8 Å². The second-order valence-electron chi connectivity index (χ2n) is 10.6. The number of rotatable bonds is 7. The summed E-state index contributed by atoms with van der Waals surface area (Å²) in [5.74, 6) is 2.05. The van der Waals surface area contributed by atoms with Crippen molar-refractivity contribution in [1.29, 1.82) is 0 Å². The molecular formula is C30H30N6O4. The number of aromatic amines is 1. The third-order valence-electron chi connectivity index (χ3n) is 7.70. The lowest BCUT2D eigenvalue weighted by Crippen LogP contribution is -2.14. The summed E-state index contributed by atoms with van der Waals surface area (Å²) in [5, 5.41) is 4.09. The summed E-state index contributed by atoms with van der Waals surface area (Å²) in [6.45, 7) is 4.65. The Labute approximate surface area is 230 Å². The van der Waals surface area contributed by atoms with Crippen molar-refractivity contribution >= 4 is 39.7 Å². The van der Waals surface area contributed by atoms with Gasteiger partial charge in [0, 0.05) is 36.8 Å². The highest BCUT2D eigenvalue weighted by Gasteiger charge is 2.35. The molecule has 0 bridgehead atoms. The van der Waals surface area contributed by atoms with E-state index in [1.54, 1.807) is 19.2 Å². The fourth-order valence-corrected chi connectivity index (χ4v) is 5.47. The minimum absolute atomic E-state index is 0.000127. The van der Waals surface area contributed by atoms with Gasteiger partial charge in [-0.3, -0.25) is 4.79 Å². The maximum absolute atomic E-state index is 12.7. The van der Waals surface area contributed by atoms with Crippen LogP contribution in [0.3, 0.4) is 0 Å². The summed E-state index contributed by atoms with van der Waals surface area (Å²) < 4.78 is 17.9. The van der Waals surface area contributed by atoms with E-state index in [0.717, 1.165) is 59.8 Å². The number of nitrogens with one attached hydrogen (secondary N) is 2. The van der Waals surface area contributed by atoms with Crippen LogP contribution in [0.1, 0.15) is 48.9 Å². The molecule has 0 spiro atoms. The number of oxazole rings is 1. The van der Waals surface area contributed by atoms with Gasteiger partial charge in [0.1, 0.15) is 23.0 Å². The monoisotopic (exact) mass is 538 g/mol. The fraction of sp³-hybridized carbons (Fsp3) is 0.333. The van der Waals surface area contributed by atoms with Crippen LogP contribution in [0, 0.1) is 6.92 Å². The van der Waals surface area contributed by atoms with E-state index >= 15 is 0 Å². The van der Waals surface area contributed by atoms with Gasteiger partial charge in [0.15, 0.2) is 11.5 Å². The second-order valence-corrected chi connectivity index (χ2v) is 10.6. The molecule has 10 heteroatoms. The van der Waals surface area contributed by atoms with Crippen LogP contribution in [0.2, 0.25) is 0 Å². The Hall–Kier alpha value is -4.60. The molecule has 1 unspecified atom stereocenters. The Morgan fingerprint density at radius 1 is 1.12 bits per heavy atom. The quantitative estimate of drug-likeness (QED) is 0.243. The van der Waals surface area contributed by atoms with Crippen LogP contribution in [-0.2, 0) is 0 Å². The van der Waals surface area contributed by atoms with E-state index in [-0.39, 0.29) is 18.1 Å². The maximum atomic E-state index is 12.7. The molecule has 1 saturated carbocycles. The minimum Gasteiger partial charge on any atom is -0.495 e. The molecule has 1 amide bonds. The molecule has 40 heavy (non-hydrogen) atoms. The number of carbonyl (C=O) groups excluding carboxylic acids is 1. The molecule has 5 aromatic rings. The number of hydrogen-bond donors (Lipinski definition) is 2. The summed E-state index contributed by atoms with van der Waals surface area (Å²) in [4.78, 5) is 31.8. The molecule has 10 nitrogen and oxygen atoms in total. The molecular weight excluding hydrogens is 508 g/mol. The van der Waals surface area contributed by atoms with Crippen LogP contribution in [0.15, 0.2) is 47.0 Å². The summed E-state index contributed by atoms with van der Waals surface area (Å²) in [6, 6.07) is 11.6. The molecule has 1 atom stereocenters. The number of aromatic nitrogens is 4. The molecule has 1 aliphatic heterocycles. The standard InChI is InChI=1S/C30H30N6O4/c1-16-15-36(16)29(37)19-9-11-22(24(13-19)38-3)33-30-34-27-26(28(35-30)40-20-6-4-5-7-20)21(14-31-27)18-8-10-23-25(12-18)39-17(2)32-23/h8-14,16,20H,4-7,15H2,1-3H3,(H2,31,33,34,35). The SMILES string of the molecule is COc1cc(C(=O)N2CC2C)ccc1Nc1nc(OC2CCCC2)c2c(-c3ccc4nc(C)oc4c3)c[nH]c2n1. The number of nitrogens with zero attached hydrogens (tertiary/aromatic N) is 4.